The van der Waals surface area contributed by atoms with Gasteiger partial charge in [0.25, 0.3) is 0 Å². The van der Waals surface area contributed by atoms with E-state index in [0.29, 0.717) is 19.1 Å². The Morgan fingerprint density at radius 1 is 1.12 bits per heavy atom. The second-order valence-electron chi connectivity index (χ2n) is 4.64. The van der Waals surface area contributed by atoms with E-state index in [1.54, 1.807) is 0 Å². The highest BCUT2D eigenvalue weighted by Crippen LogP contribution is 2.24. The fourth-order valence-corrected chi connectivity index (χ4v) is 1.59. The Hall–Kier alpha value is -1.02. The van der Waals surface area contributed by atoms with Gasteiger partial charge in [-0.3, -0.25) is 0 Å². The van der Waals surface area contributed by atoms with E-state index in [2.05, 4.69) is 45.9 Å². The number of benzene rings is 1. The molecule has 0 spiro atoms. The van der Waals surface area contributed by atoms with Crippen molar-refractivity contribution in [2.75, 3.05) is 19.8 Å². The summed E-state index contributed by atoms with van der Waals surface area (Å²) >= 11 is 0. The average molecular weight is 236 g/mol. The summed E-state index contributed by atoms with van der Waals surface area (Å²) in [5.74, 6) is 1.52. The first-order valence-electron chi connectivity index (χ1n) is 6.46. The summed E-state index contributed by atoms with van der Waals surface area (Å²) in [6, 6.07) is 6.43. The lowest BCUT2D eigenvalue weighted by atomic mass is 10.0. The van der Waals surface area contributed by atoms with Gasteiger partial charge in [0, 0.05) is 6.61 Å². The molecule has 0 aliphatic heterocycles. The van der Waals surface area contributed by atoms with Gasteiger partial charge in [0.15, 0.2) is 0 Å². The molecule has 17 heavy (non-hydrogen) atoms. The minimum Gasteiger partial charge on any atom is -0.491 e. The van der Waals surface area contributed by atoms with Crippen molar-refractivity contribution in [3.05, 3.63) is 29.3 Å². The van der Waals surface area contributed by atoms with Gasteiger partial charge in [-0.25, -0.2) is 0 Å². The number of rotatable bonds is 7. The van der Waals surface area contributed by atoms with Gasteiger partial charge in [-0.15, -0.1) is 0 Å². The summed E-state index contributed by atoms with van der Waals surface area (Å²) < 4.78 is 11.1. The molecule has 0 heterocycles. The van der Waals surface area contributed by atoms with Crippen LogP contribution in [0.5, 0.6) is 5.75 Å². The van der Waals surface area contributed by atoms with Crippen LogP contribution in [0, 0.1) is 6.92 Å². The first-order valence-corrected chi connectivity index (χ1v) is 6.46. The molecule has 0 unspecified atom stereocenters. The van der Waals surface area contributed by atoms with Crippen molar-refractivity contribution < 1.29 is 9.47 Å². The fourth-order valence-electron chi connectivity index (χ4n) is 1.59. The Kier molecular flexibility index (Phi) is 6.06. The SMILES string of the molecule is CCCOCCOc1cc(C(C)C)ccc1C. The summed E-state index contributed by atoms with van der Waals surface area (Å²) in [7, 11) is 0. The summed E-state index contributed by atoms with van der Waals surface area (Å²) in [5.41, 5.74) is 2.50. The molecule has 96 valence electrons. The van der Waals surface area contributed by atoms with Crippen LogP contribution in [0.15, 0.2) is 18.2 Å². The lowest BCUT2D eigenvalue weighted by Crippen LogP contribution is -2.08. The standard InChI is InChI=1S/C15H24O2/c1-5-8-16-9-10-17-15-11-14(12(2)3)7-6-13(15)4/h6-7,11-12H,5,8-10H2,1-4H3. The van der Waals surface area contributed by atoms with Crippen LogP contribution in [0.3, 0.4) is 0 Å². The first-order chi connectivity index (χ1) is 8.15. The van der Waals surface area contributed by atoms with E-state index in [4.69, 9.17) is 9.47 Å². The summed E-state index contributed by atoms with van der Waals surface area (Å²) in [6.07, 6.45) is 1.06. The molecule has 0 bridgehead atoms. The third-order valence-electron chi connectivity index (χ3n) is 2.71. The van der Waals surface area contributed by atoms with E-state index < -0.39 is 0 Å². The molecule has 0 aromatic heterocycles. The molecule has 0 aliphatic rings. The van der Waals surface area contributed by atoms with Crippen molar-refractivity contribution in [1.29, 1.82) is 0 Å². The molecular formula is C15H24O2. The molecule has 0 aliphatic carbocycles. The predicted molar refractivity (Wildman–Crippen MR) is 71.9 cm³/mol. The molecule has 2 heteroatoms. The first kappa shape index (κ1) is 14.0. The van der Waals surface area contributed by atoms with Crippen LogP contribution in [-0.4, -0.2) is 19.8 Å². The van der Waals surface area contributed by atoms with E-state index in [1.165, 1.54) is 11.1 Å². The van der Waals surface area contributed by atoms with Crippen LogP contribution >= 0.6 is 0 Å². The van der Waals surface area contributed by atoms with Crippen LogP contribution in [0.25, 0.3) is 0 Å². The Morgan fingerprint density at radius 2 is 1.88 bits per heavy atom. The molecule has 0 saturated heterocycles. The maximum Gasteiger partial charge on any atom is 0.122 e. The third kappa shape index (κ3) is 4.78. The van der Waals surface area contributed by atoms with Gasteiger partial charge >= 0.3 is 0 Å². The molecule has 0 fully saturated rings. The zero-order valence-electron chi connectivity index (χ0n) is 11.5. The Labute approximate surface area is 105 Å². The molecule has 1 rings (SSSR count). The molecule has 0 saturated carbocycles. The topological polar surface area (TPSA) is 18.5 Å². The number of hydrogen-bond acceptors (Lipinski definition) is 2. The maximum absolute atomic E-state index is 5.75. The van der Waals surface area contributed by atoms with E-state index in [1.807, 2.05) is 0 Å². The number of aryl methyl sites for hydroxylation is 1. The van der Waals surface area contributed by atoms with Gasteiger partial charge in [-0.1, -0.05) is 32.9 Å². The van der Waals surface area contributed by atoms with E-state index in [0.717, 1.165) is 18.8 Å². The van der Waals surface area contributed by atoms with Crippen LogP contribution < -0.4 is 4.74 Å². The summed E-state index contributed by atoms with van der Waals surface area (Å²) in [6.45, 7) is 10.7. The van der Waals surface area contributed by atoms with Crippen molar-refractivity contribution in [1.82, 2.24) is 0 Å². The fraction of sp³-hybridized carbons (Fsp3) is 0.600. The minimum atomic E-state index is 0.536. The van der Waals surface area contributed by atoms with Gasteiger partial charge in [-0.2, -0.15) is 0 Å². The van der Waals surface area contributed by atoms with Crippen molar-refractivity contribution in [2.45, 2.75) is 40.0 Å². The van der Waals surface area contributed by atoms with Gasteiger partial charge < -0.3 is 9.47 Å². The third-order valence-corrected chi connectivity index (χ3v) is 2.71. The van der Waals surface area contributed by atoms with Crippen molar-refractivity contribution in [3.8, 4) is 5.75 Å². The van der Waals surface area contributed by atoms with E-state index in [-0.39, 0.29) is 0 Å². The molecule has 2 nitrogen and oxygen atoms in total. The summed E-state index contributed by atoms with van der Waals surface area (Å²) in [5, 5.41) is 0. The smallest absolute Gasteiger partial charge is 0.122 e. The van der Waals surface area contributed by atoms with E-state index >= 15 is 0 Å². The second kappa shape index (κ2) is 7.33. The van der Waals surface area contributed by atoms with E-state index in [9.17, 15) is 0 Å². The summed E-state index contributed by atoms with van der Waals surface area (Å²) in [4.78, 5) is 0. The average Bonchev–Trinajstić information content (AvgIpc) is 2.30. The zero-order valence-corrected chi connectivity index (χ0v) is 11.5. The van der Waals surface area contributed by atoms with Crippen LogP contribution in [0.4, 0.5) is 0 Å². The zero-order chi connectivity index (χ0) is 12.7. The van der Waals surface area contributed by atoms with Gasteiger partial charge in [0.2, 0.25) is 0 Å². The molecular weight excluding hydrogens is 212 g/mol. The van der Waals surface area contributed by atoms with Crippen LogP contribution in [-0.2, 0) is 4.74 Å². The predicted octanol–water partition coefficient (Wildman–Crippen LogP) is 3.92. The largest absolute Gasteiger partial charge is 0.491 e. The lowest BCUT2D eigenvalue weighted by molar-refractivity contribution is 0.100. The van der Waals surface area contributed by atoms with Crippen LogP contribution in [0.1, 0.15) is 44.2 Å². The molecule has 0 atom stereocenters. The second-order valence-corrected chi connectivity index (χ2v) is 4.64. The molecule has 0 amide bonds. The highest BCUT2D eigenvalue weighted by atomic mass is 16.5. The van der Waals surface area contributed by atoms with Crippen molar-refractivity contribution in [2.24, 2.45) is 0 Å². The quantitative estimate of drug-likeness (QED) is 0.668. The van der Waals surface area contributed by atoms with Gasteiger partial charge in [0.05, 0.1) is 6.61 Å². The Bertz CT molecular complexity index is 332. The number of ether oxygens (including phenoxy) is 2. The number of hydrogen-bond donors (Lipinski definition) is 0. The molecule has 1 aromatic rings. The highest BCUT2D eigenvalue weighted by Gasteiger charge is 2.04. The van der Waals surface area contributed by atoms with Crippen molar-refractivity contribution in [3.63, 3.8) is 0 Å². The monoisotopic (exact) mass is 236 g/mol. The molecule has 0 N–H and O–H groups in total. The highest BCUT2D eigenvalue weighted by molar-refractivity contribution is 5.37. The maximum atomic E-state index is 5.75. The van der Waals surface area contributed by atoms with Crippen molar-refractivity contribution >= 4 is 0 Å². The van der Waals surface area contributed by atoms with Gasteiger partial charge in [-0.05, 0) is 36.5 Å². The Balaban J connectivity index is 2.49. The Morgan fingerprint density at radius 3 is 2.53 bits per heavy atom. The molecule has 1 aromatic carbocycles. The van der Waals surface area contributed by atoms with Gasteiger partial charge in [0.1, 0.15) is 12.4 Å². The van der Waals surface area contributed by atoms with Crippen LogP contribution in [0.2, 0.25) is 0 Å². The lowest BCUT2D eigenvalue weighted by Gasteiger charge is -2.12. The normalized spacial score (nSPS) is 10.9. The minimum absolute atomic E-state index is 0.536. The molecule has 0 radical (unpaired) electrons.